The lowest BCUT2D eigenvalue weighted by atomic mass is 10.3. The summed E-state index contributed by atoms with van der Waals surface area (Å²) in [4.78, 5) is 8.05. The van der Waals surface area contributed by atoms with Crippen LogP contribution in [0.15, 0.2) is 12.4 Å². The van der Waals surface area contributed by atoms with Crippen LogP contribution in [-0.2, 0) is 0 Å². The molecule has 0 saturated carbocycles. The van der Waals surface area contributed by atoms with E-state index in [1.165, 1.54) is 6.33 Å². The van der Waals surface area contributed by atoms with Gasteiger partial charge in [0.2, 0.25) is 5.88 Å². The van der Waals surface area contributed by atoms with Gasteiger partial charge < -0.3 is 10.1 Å². The Morgan fingerprint density at radius 1 is 1.50 bits per heavy atom. The maximum absolute atomic E-state index is 5.64. The van der Waals surface area contributed by atoms with Crippen LogP contribution < -0.4 is 10.1 Å². The van der Waals surface area contributed by atoms with Crippen LogP contribution in [0.3, 0.4) is 0 Å². The van der Waals surface area contributed by atoms with E-state index in [2.05, 4.69) is 15.3 Å². The number of rotatable bonds is 2. The molecule has 2 heterocycles. The van der Waals surface area contributed by atoms with Gasteiger partial charge in [-0.25, -0.2) is 9.97 Å². The van der Waals surface area contributed by atoms with Gasteiger partial charge in [0.25, 0.3) is 0 Å². The number of hydrogen-bond acceptors (Lipinski definition) is 4. The lowest BCUT2D eigenvalue weighted by molar-refractivity contribution is 0.213. The van der Waals surface area contributed by atoms with E-state index in [0.717, 1.165) is 25.2 Å². The van der Waals surface area contributed by atoms with Gasteiger partial charge in [0.15, 0.2) is 0 Å². The summed E-state index contributed by atoms with van der Waals surface area (Å²) in [5.41, 5.74) is 0.941. The molecule has 14 heavy (non-hydrogen) atoms. The number of hydrogen-bond donors (Lipinski definition) is 1. The quantitative estimate of drug-likeness (QED) is 0.798. The SMILES string of the molecule is Cc1cc(OC2CCNC2)ncn1.Cl. The molecular weight excluding hydrogens is 202 g/mol. The van der Waals surface area contributed by atoms with Crippen LogP contribution in [0, 0.1) is 6.92 Å². The van der Waals surface area contributed by atoms with Crippen LogP contribution in [0.1, 0.15) is 12.1 Å². The number of ether oxygens (including phenoxy) is 1. The second-order valence-corrected chi connectivity index (χ2v) is 3.23. The first kappa shape index (κ1) is 11.2. The molecule has 1 aliphatic heterocycles. The van der Waals surface area contributed by atoms with E-state index in [-0.39, 0.29) is 18.5 Å². The highest BCUT2D eigenvalue weighted by Gasteiger charge is 2.16. The lowest BCUT2D eigenvalue weighted by Crippen LogP contribution is -2.20. The fraction of sp³-hybridized carbons (Fsp3) is 0.556. The molecule has 0 radical (unpaired) electrons. The maximum Gasteiger partial charge on any atom is 0.216 e. The Balaban J connectivity index is 0.000000980. The molecule has 78 valence electrons. The second kappa shape index (κ2) is 5.12. The second-order valence-electron chi connectivity index (χ2n) is 3.23. The topological polar surface area (TPSA) is 47.0 Å². The number of aryl methyl sites for hydroxylation is 1. The van der Waals surface area contributed by atoms with Gasteiger partial charge in [-0.15, -0.1) is 12.4 Å². The Morgan fingerprint density at radius 3 is 3.00 bits per heavy atom. The molecule has 0 bridgehead atoms. The van der Waals surface area contributed by atoms with Crippen LogP contribution in [0.5, 0.6) is 5.88 Å². The molecule has 1 aromatic heterocycles. The largest absolute Gasteiger partial charge is 0.473 e. The van der Waals surface area contributed by atoms with E-state index in [0.29, 0.717) is 5.88 Å². The molecule has 1 N–H and O–H groups in total. The van der Waals surface area contributed by atoms with Crippen LogP contribution in [0.2, 0.25) is 0 Å². The molecule has 1 fully saturated rings. The average Bonchev–Trinajstić information content (AvgIpc) is 2.57. The Labute approximate surface area is 89.5 Å². The van der Waals surface area contributed by atoms with Crippen molar-refractivity contribution in [2.75, 3.05) is 13.1 Å². The highest BCUT2D eigenvalue weighted by molar-refractivity contribution is 5.85. The predicted octanol–water partition coefficient (Wildman–Crippen LogP) is 0.948. The summed E-state index contributed by atoms with van der Waals surface area (Å²) in [7, 11) is 0. The van der Waals surface area contributed by atoms with Crippen molar-refractivity contribution < 1.29 is 4.74 Å². The minimum Gasteiger partial charge on any atom is -0.473 e. The van der Waals surface area contributed by atoms with Gasteiger partial charge in [-0.3, -0.25) is 0 Å². The van der Waals surface area contributed by atoms with Crippen LogP contribution >= 0.6 is 12.4 Å². The monoisotopic (exact) mass is 215 g/mol. The minimum atomic E-state index is 0. The van der Waals surface area contributed by atoms with Crippen molar-refractivity contribution in [3.63, 3.8) is 0 Å². The highest BCUT2D eigenvalue weighted by atomic mass is 35.5. The summed E-state index contributed by atoms with van der Waals surface area (Å²) in [6.07, 6.45) is 2.87. The van der Waals surface area contributed by atoms with E-state index < -0.39 is 0 Å². The molecule has 0 aromatic carbocycles. The Morgan fingerprint density at radius 2 is 2.36 bits per heavy atom. The van der Waals surface area contributed by atoms with Crippen molar-refractivity contribution in [3.8, 4) is 5.88 Å². The molecule has 2 rings (SSSR count). The first-order valence-electron chi connectivity index (χ1n) is 4.50. The van der Waals surface area contributed by atoms with E-state index in [1.807, 2.05) is 13.0 Å². The predicted molar refractivity (Wildman–Crippen MR) is 55.9 cm³/mol. The first-order chi connectivity index (χ1) is 6.34. The van der Waals surface area contributed by atoms with Gasteiger partial charge in [-0.05, 0) is 19.9 Å². The highest BCUT2D eigenvalue weighted by Crippen LogP contribution is 2.11. The van der Waals surface area contributed by atoms with Crippen LogP contribution in [-0.4, -0.2) is 29.2 Å². The van der Waals surface area contributed by atoms with Crippen molar-refractivity contribution in [3.05, 3.63) is 18.1 Å². The molecular formula is C9H14ClN3O. The molecule has 1 saturated heterocycles. The minimum absolute atomic E-state index is 0. The van der Waals surface area contributed by atoms with Gasteiger partial charge in [0, 0.05) is 18.3 Å². The molecule has 1 atom stereocenters. The van der Waals surface area contributed by atoms with Crippen molar-refractivity contribution in [1.82, 2.24) is 15.3 Å². The van der Waals surface area contributed by atoms with Crippen molar-refractivity contribution in [1.29, 1.82) is 0 Å². The maximum atomic E-state index is 5.64. The standard InChI is InChI=1S/C9H13N3O.ClH/c1-7-4-9(12-6-11-7)13-8-2-3-10-5-8;/h4,6,8,10H,2-3,5H2,1H3;1H. The molecule has 4 nitrogen and oxygen atoms in total. The molecule has 5 heteroatoms. The number of nitrogens with zero attached hydrogens (tertiary/aromatic N) is 2. The smallest absolute Gasteiger partial charge is 0.216 e. The van der Waals surface area contributed by atoms with Gasteiger partial charge in [0.1, 0.15) is 12.4 Å². The third-order valence-corrected chi connectivity index (χ3v) is 2.08. The lowest BCUT2D eigenvalue weighted by Gasteiger charge is -2.10. The summed E-state index contributed by atoms with van der Waals surface area (Å²) in [5.74, 6) is 0.682. The van der Waals surface area contributed by atoms with Crippen molar-refractivity contribution in [2.24, 2.45) is 0 Å². The number of nitrogens with one attached hydrogen (secondary N) is 1. The number of aromatic nitrogens is 2. The molecule has 1 aromatic rings. The third-order valence-electron chi connectivity index (χ3n) is 2.08. The summed E-state index contributed by atoms with van der Waals surface area (Å²) in [5, 5.41) is 3.24. The Kier molecular flexibility index (Phi) is 4.10. The van der Waals surface area contributed by atoms with E-state index in [9.17, 15) is 0 Å². The summed E-state index contributed by atoms with van der Waals surface area (Å²) in [6, 6.07) is 1.86. The third kappa shape index (κ3) is 2.82. The summed E-state index contributed by atoms with van der Waals surface area (Å²) in [6.45, 7) is 3.89. The van der Waals surface area contributed by atoms with Gasteiger partial charge >= 0.3 is 0 Å². The summed E-state index contributed by atoms with van der Waals surface area (Å²) >= 11 is 0. The zero-order valence-corrected chi connectivity index (χ0v) is 8.88. The zero-order valence-electron chi connectivity index (χ0n) is 8.06. The molecule has 0 amide bonds. The molecule has 1 aliphatic rings. The molecule has 0 aliphatic carbocycles. The van der Waals surface area contributed by atoms with Gasteiger partial charge in [-0.2, -0.15) is 0 Å². The first-order valence-corrected chi connectivity index (χ1v) is 4.50. The zero-order chi connectivity index (χ0) is 9.10. The fourth-order valence-corrected chi connectivity index (χ4v) is 1.39. The van der Waals surface area contributed by atoms with Gasteiger partial charge in [0.05, 0.1) is 0 Å². The average molecular weight is 216 g/mol. The van der Waals surface area contributed by atoms with E-state index >= 15 is 0 Å². The van der Waals surface area contributed by atoms with Crippen LogP contribution in [0.4, 0.5) is 0 Å². The Bertz CT molecular complexity index is 289. The molecule has 0 spiro atoms. The molecule has 1 unspecified atom stereocenters. The normalized spacial score (nSPS) is 20.2. The Hall–Kier alpha value is -0.870. The number of halogens is 1. The van der Waals surface area contributed by atoms with E-state index in [1.54, 1.807) is 0 Å². The van der Waals surface area contributed by atoms with Gasteiger partial charge in [-0.1, -0.05) is 0 Å². The van der Waals surface area contributed by atoms with Crippen molar-refractivity contribution in [2.45, 2.75) is 19.4 Å². The van der Waals surface area contributed by atoms with Crippen LogP contribution in [0.25, 0.3) is 0 Å². The van der Waals surface area contributed by atoms with E-state index in [4.69, 9.17) is 4.74 Å². The summed E-state index contributed by atoms with van der Waals surface area (Å²) < 4.78 is 5.64. The fourth-order valence-electron chi connectivity index (χ4n) is 1.39. The van der Waals surface area contributed by atoms with Crippen molar-refractivity contribution >= 4 is 12.4 Å².